The molecule has 0 fully saturated rings. The fourth-order valence-electron chi connectivity index (χ4n) is 2.31. The fraction of sp³-hybridized carbons (Fsp3) is 0.538. The van der Waals surface area contributed by atoms with Gasteiger partial charge < -0.3 is 9.84 Å². The molecule has 0 spiro atoms. The maximum absolute atomic E-state index is 12.5. The molecule has 3 nitrogen and oxygen atoms in total. The number of halogens is 4. The molecule has 2 rings (SSSR count). The molecule has 0 atom stereocenters. The summed E-state index contributed by atoms with van der Waals surface area (Å²) in [6.07, 6.45) is -3.52. The normalized spacial score (nSPS) is 14.5. The summed E-state index contributed by atoms with van der Waals surface area (Å²) in [5.74, 6) is 0.679. The highest BCUT2D eigenvalue weighted by atomic mass is 79.9. The molecule has 0 saturated heterocycles. The Bertz CT molecular complexity index is 479. The number of hydrogen-bond acceptors (Lipinski definition) is 3. The van der Waals surface area contributed by atoms with Gasteiger partial charge in [0, 0.05) is 29.5 Å². The lowest BCUT2D eigenvalue weighted by Crippen LogP contribution is -2.35. The van der Waals surface area contributed by atoms with Gasteiger partial charge in [-0.2, -0.15) is 13.2 Å². The van der Waals surface area contributed by atoms with Gasteiger partial charge in [-0.3, -0.25) is 4.90 Å². The molecule has 7 heteroatoms. The molecule has 1 aliphatic rings. The SMILES string of the molecule is OCCN(Cc1cc(Br)cc2c1OCC2)CC(F)(F)F. The third kappa shape index (κ3) is 4.10. The van der Waals surface area contributed by atoms with Crippen LogP contribution in [0.4, 0.5) is 13.2 Å². The number of rotatable bonds is 5. The number of fused-ring (bicyclic) bond motifs is 1. The van der Waals surface area contributed by atoms with E-state index in [0.29, 0.717) is 17.9 Å². The molecule has 0 aliphatic carbocycles. The predicted octanol–water partition coefficient (Wildman–Crippen LogP) is 2.74. The van der Waals surface area contributed by atoms with Crippen molar-refractivity contribution in [3.63, 3.8) is 0 Å². The van der Waals surface area contributed by atoms with Crippen molar-refractivity contribution < 1.29 is 23.0 Å². The minimum atomic E-state index is -4.29. The molecule has 0 bridgehead atoms. The van der Waals surface area contributed by atoms with Crippen molar-refractivity contribution in [2.75, 3.05) is 26.3 Å². The van der Waals surface area contributed by atoms with Crippen molar-refractivity contribution in [3.8, 4) is 5.75 Å². The molecule has 1 heterocycles. The van der Waals surface area contributed by atoms with E-state index in [2.05, 4.69) is 15.9 Å². The van der Waals surface area contributed by atoms with Gasteiger partial charge in [-0.25, -0.2) is 0 Å². The van der Waals surface area contributed by atoms with Gasteiger partial charge in [-0.1, -0.05) is 15.9 Å². The van der Waals surface area contributed by atoms with Gasteiger partial charge in [0.2, 0.25) is 0 Å². The van der Waals surface area contributed by atoms with E-state index in [0.717, 1.165) is 16.5 Å². The van der Waals surface area contributed by atoms with Crippen LogP contribution in [0.25, 0.3) is 0 Å². The number of aliphatic hydroxyl groups is 1. The summed E-state index contributed by atoms with van der Waals surface area (Å²) in [4.78, 5) is 1.17. The van der Waals surface area contributed by atoms with Crippen molar-refractivity contribution in [3.05, 3.63) is 27.7 Å². The zero-order chi connectivity index (χ0) is 14.8. The van der Waals surface area contributed by atoms with Crippen LogP contribution < -0.4 is 4.74 Å². The van der Waals surface area contributed by atoms with E-state index in [1.165, 1.54) is 4.90 Å². The Kier molecular flexibility index (Phi) is 4.93. The van der Waals surface area contributed by atoms with E-state index < -0.39 is 12.7 Å². The second kappa shape index (κ2) is 6.32. The van der Waals surface area contributed by atoms with E-state index in [-0.39, 0.29) is 19.7 Å². The van der Waals surface area contributed by atoms with E-state index in [9.17, 15) is 13.2 Å². The highest BCUT2D eigenvalue weighted by Crippen LogP contribution is 2.34. The molecule has 1 aromatic rings. The summed E-state index contributed by atoms with van der Waals surface area (Å²) in [5.41, 5.74) is 1.72. The molecule has 1 N–H and O–H groups in total. The van der Waals surface area contributed by atoms with Crippen LogP contribution in [0.2, 0.25) is 0 Å². The highest BCUT2D eigenvalue weighted by molar-refractivity contribution is 9.10. The molecule has 0 radical (unpaired) electrons. The molecule has 0 saturated carbocycles. The summed E-state index contributed by atoms with van der Waals surface area (Å²) >= 11 is 3.36. The smallest absolute Gasteiger partial charge is 0.401 e. The average Bonchev–Trinajstić information content (AvgIpc) is 2.74. The molecular weight excluding hydrogens is 339 g/mol. The Labute approximate surface area is 123 Å². The minimum Gasteiger partial charge on any atom is -0.493 e. The molecule has 1 aliphatic heterocycles. The maximum atomic E-state index is 12.5. The van der Waals surface area contributed by atoms with Crippen LogP contribution in [0.5, 0.6) is 5.75 Å². The van der Waals surface area contributed by atoms with Crippen molar-refractivity contribution in [1.82, 2.24) is 4.90 Å². The van der Waals surface area contributed by atoms with Crippen molar-refractivity contribution >= 4 is 15.9 Å². The van der Waals surface area contributed by atoms with E-state index in [1.54, 1.807) is 6.07 Å². The Hall–Kier alpha value is -0.790. The van der Waals surface area contributed by atoms with Gasteiger partial charge in [0.15, 0.2) is 0 Å². The summed E-state index contributed by atoms with van der Waals surface area (Å²) in [5, 5.41) is 8.91. The maximum Gasteiger partial charge on any atom is 0.401 e. The average molecular weight is 354 g/mol. The quantitative estimate of drug-likeness (QED) is 0.883. The van der Waals surface area contributed by atoms with Crippen molar-refractivity contribution in [1.29, 1.82) is 0 Å². The Morgan fingerprint density at radius 1 is 1.35 bits per heavy atom. The van der Waals surface area contributed by atoms with Crippen LogP contribution in [-0.4, -0.2) is 42.5 Å². The van der Waals surface area contributed by atoms with Gasteiger partial charge in [-0.05, 0) is 17.7 Å². The topological polar surface area (TPSA) is 32.7 Å². The van der Waals surface area contributed by atoms with Gasteiger partial charge in [0.25, 0.3) is 0 Å². The summed E-state index contributed by atoms with van der Waals surface area (Å²) in [6, 6.07) is 3.69. The van der Waals surface area contributed by atoms with Gasteiger partial charge >= 0.3 is 6.18 Å². The molecule has 0 unspecified atom stereocenters. The van der Waals surface area contributed by atoms with Crippen LogP contribution >= 0.6 is 15.9 Å². The van der Waals surface area contributed by atoms with Crippen LogP contribution in [0, 0.1) is 0 Å². The van der Waals surface area contributed by atoms with Crippen LogP contribution in [0.1, 0.15) is 11.1 Å². The zero-order valence-corrected chi connectivity index (χ0v) is 12.3. The predicted molar refractivity (Wildman–Crippen MR) is 71.8 cm³/mol. The Balaban J connectivity index is 2.18. The van der Waals surface area contributed by atoms with Gasteiger partial charge in [-0.15, -0.1) is 0 Å². The summed E-state index contributed by atoms with van der Waals surface area (Å²) in [7, 11) is 0. The summed E-state index contributed by atoms with van der Waals surface area (Å²) < 4.78 is 43.9. The molecule has 112 valence electrons. The highest BCUT2D eigenvalue weighted by Gasteiger charge is 2.31. The third-order valence-electron chi connectivity index (χ3n) is 3.04. The van der Waals surface area contributed by atoms with Crippen LogP contribution in [-0.2, 0) is 13.0 Å². The lowest BCUT2D eigenvalue weighted by molar-refractivity contribution is -0.148. The number of ether oxygens (including phenoxy) is 1. The van der Waals surface area contributed by atoms with E-state index in [4.69, 9.17) is 9.84 Å². The molecule has 0 aromatic heterocycles. The molecule has 1 aromatic carbocycles. The number of hydrogen-bond donors (Lipinski definition) is 1. The first-order valence-electron chi connectivity index (χ1n) is 6.23. The molecular formula is C13H15BrF3NO2. The van der Waals surface area contributed by atoms with Crippen molar-refractivity contribution in [2.24, 2.45) is 0 Å². The van der Waals surface area contributed by atoms with Crippen LogP contribution in [0.3, 0.4) is 0 Å². The molecule has 0 amide bonds. The van der Waals surface area contributed by atoms with Crippen molar-refractivity contribution in [2.45, 2.75) is 19.1 Å². The third-order valence-corrected chi connectivity index (χ3v) is 3.50. The second-order valence-electron chi connectivity index (χ2n) is 4.70. The first kappa shape index (κ1) is 15.6. The monoisotopic (exact) mass is 353 g/mol. The fourth-order valence-corrected chi connectivity index (χ4v) is 2.87. The number of nitrogens with zero attached hydrogens (tertiary/aromatic N) is 1. The summed E-state index contributed by atoms with van der Waals surface area (Å²) in [6.45, 7) is -0.733. The minimum absolute atomic E-state index is 0.0270. The second-order valence-corrected chi connectivity index (χ2v) is 5.62. The standard InChI is InChI=1S/C13H15BrF3NO2/c14-11-5-9-1-4-20-12(9)10(6-11)7-18(2-3-19)8-13(15,16)17/h5-6,19H,1-4,7-8H2. The largest absolute Gasteiger partial charge is 0.493 e. The van der Waals surface area contributed by atoms with E-state index >= 15 is 0 Å². The number of alkyl halides is 3. The van der Waals surface area contributed by atoms with Crippen LogP contribution in [0.15, 0.2) is 16.6 Å². The number of aliphatic hydroxyl groups excluding tert-OH is 1. The first-order valence-corrected chi connectivity index (χ1v) is 7.02. The molecule has 20 heavy (non-hydrogen) atoms. The first-order chi connectivity index (χ1) is 9.39. The zero-order valence-electron chi connectivity index (χ0n) is 10.7. The Morgan fingerprint density at radius 2 is 2.10 bits per heavy atom. The van der Waals surface area contributed by atoms with Gasteiger partial charge in [0.05, 0.1) is 19.8 Å². The lowest BCUT2D eigenvalue weighted by Gasteiger charge is -2.23. The lowest BCUT2D eigenvalue weighted by atomic mass is 10.1. The number of benzene rings is 1. The Morgan fingerprint density at radius 3 is 2.75 bits per heavy atom. The van der Waals surface area contributed by atoms with E-state index in [1.807, 2.05) is 6.07 Å². The van der Waals surface area contributed by atoms with Gasteiger partial charge in [0.1, 0.15) is 5.75 Å².